The Hall–Kier alpha value is -1.57. The number of aliphatic hydroxyl groups excluding tert-OH is 14. The molecule has 7 heterocycles. The molecular weight excluding hydrogens is 876 g/mol. The Balaban J connectivity index is 1.19. The van der Waals surface area contributed by atoms with Crippen LogP contribution in [-0.4, -0.2) is 280 Å². The van der Waals surface area contributed by atoms with Crippen LogP contribution < -0.4 is 5.73 Å². The molecule has 4 bridgehead atoms. The van der Waals surface area contributed by atoms with E-state index < -0.39 is 192 Å². The van der Waals surface area contributed by atoms with E-state index in [1.165, 1.54) is 0 Å². The minimum atomic E-state index is -3.63. The van der Waals surface area contributed by atoms with Gasteiger partial charge in [0.1, 0.15) is 110 Å². The molecule has 0 aliphatic carbocycles. The number of hydrogen-bond acceptors (Lipinski definition) is 27. The van der Waals surface area contributed by atoms with Gasteiger partial charge in [-0.3, -0.25) is 4.79 Å². The molecule has 1 amide bonds. The number of fused-ring (bicyclic) bond motifs is 4. The molecule has 0 spiro atoms. The number of amides is 1. The Morgan fingerprint density at radius 2 is 1.16 bits per heavy atom. The third-order valence-electron chi connectivity index (χ3n) is 12.7. The summed E-state index contributed by atoms with van der Waals surface area (Å²) in [5, 5.41) is 164. The number of carbonyl (C=O) groups excluding carboxylic acids is 1. The highest BCUT2D eigenvalue weighted by molar-refractivity contribution is 5.77. The molecule has 0 radical (unpaired) electrons. The highest BCUT2D eigenvalue weighted by Gasteiger charge is 2.71. The van der Waals surface area contributed by atoms with Crippen LogP contribution in [0.25, 0.3) is 0 Å². The number of carbonyl (C=O) groups is 1. The number of aliphatic hydroxyl groups is 15. The maximum absolute atomic E-state index is 14.5. The fourth-order valence-corrected chi connectivity index (χ4v) is 9.18. The van der Waals surface area contributed by atoms with Gasteiger partial charge in [0.15, 0.2) is 31.1 Å². The van der Waals surface area contributed by atoms with Gasteiger partial charge in [-0.05, 0) is 19.4 Å². The van der Waals surface area contributed by atoms with Gasteiger partial charge in [0.05, 0.1) is 33.0 Å². The second-order valence-electron chi connectivity index (χ2n) is 16.8. The molecule has 7 fully saturated rings. The van der Waals surface area contributed by atoms with Crippen LogP contribution in [0.2, 0.25) is 0 Å². The van der Waals surface area contributed by atoms with Crippen LogP contribution in [0.4, 0.5) is 0 Å². The summed E-state index contributed by atoms with van der Waals surface area (Å²) in [5.41, 5.74) is 5.60. The molecule has 0 aromatic rings. The average Bonchev–Trinajstić information content (AvgIpc) is 3.76. The summed E-state index contributed by atoms with van der Waals surface area (Å²) in [6.07, 6.45) is -42.0. The van der Waals surface area contributed by atoms with Crippen LogP contribution in [0.3, 0.4) is 0 Å². The largest absolute Gasteiger partial charge is 0.394 e. The Morgan fingerprint density at radius 3 is 1.78 bits per heavy atom. The fraction of sp³-hybridized carbons (Fsp3) is 0.972. The zero-order valence-electron chi connectivity index (χ0n) is 34.1. The highest BCUT2D eigenvalue weighted by Crippen LogP contribution is 2.46. The van der Waals surface area contributed by atoms with Crippen molar-refractivity contribution in [3.05, 3.63) is 0 Å². The predicted molar refractivity (Wildman–Crippen MR) is 195 cm³/mol. The van der Waals surface area contributed by atoms with Crippen LogP contribution in [0.15, 0.2) is 0 Å². The molecule has 64 heavy (non-hydrogen) atoms. The standard InChI is InChI=1S/C36H60N2O26/c37-5-3-1-2-4-16(42)38(35(54)30(51)20(46)17(43)12(7-40)62-35)36(31(52)21(47)18(44)13(8-41)63-36)64-26-15-10-56-29(26)24(50)34(59-15)61-27-19(45)11(6-39)58-33(23(27)49)60-25-14-9-55-28(25)22(48)32(53)57-14/h11-15,17-34,39-41,43-54H,1-10,37H2/t11-,12?,13-,14+,15+,17?,18+,19-,20?,21+,22+,23-,24+,25+,26+,27+,28+,29+,30?,31-,32-,33+,34+,35?,36+/m1/s1. The monoisotopic (exact) mass is 936 g/mol. The lowest BCUT2D eigenvalue weighted by Gasteiger charge is -2.59. The van der Waals surface area contributed by atoms with Gasteiger partial charge < -0.3 is 130 Å². The Labute approximate surface area is 363 Å². The van der Waals surface area contributed by atoms with E-state index >= 15 is 0 Å². The zero-order valence-corrected chi connectivity index (χ0v) is 34.1. The lowest BCUT2D eigenvalue weighted by atomic mass is 9.91. The first-order valence-corrected chi connectivity index (χ1v) is 21.0. The summed E-state index contributed by atoms with van der Waals surface area (Å²) < 4.78 is 57.6. The van der Waals surface area contributed by atoms with Gasteiger partial charge in [0.25, 0.3) is 11.8 Å². The maximum Gasteiger partial charge on any atom is 0.289 e. The minimum absolute atomic E-state index is 0.00807. The Morgan fingerprint density at radius 1 is 0.594 bits per heavy atom. The van der Waals surface area contributed by atoms with Crippen LogP contribution in [0.5, 0.6) is 0 Å². The quantitative estimate of drug-likeness (QED) is 0.0505. The SMILES string of the molecule is NCCCCCC(=O)N(C1(O)OC(CO)C(O)C(O)C1O)[C@]1(O[C@@H]2[C@H]3OC[C@@H]2O[C@@H](O[C@@H]2[C@@H](O)[C@H](O[C@@H]4[C@H]5OC[C@@H]4O[C@@H](O)[C@H]5O)O[C@H](CO)[C@H]2O)[C@H]3O)O[C@H](CO)[C@H](O)[C@H](O)[C@H]1O. The summed E-state index contributed by atoms with van der Waals surface area (Å²) in [6.45, 7) is -3.51. The molecule has 17 N–H and O–H groups in total. The average molecular weight is 937 g/mol. The van der Waals surface area contributed by atoms with Gasteiger partial charge in [-0.2, -0.15) is 0 Å². The number of nitrogens with zero attached hydrogens (tertiary/aromatic N) is 1. The number of ether oxygens (including phenoxy) is 10. The smallest absolute Gasteiger partial charge is 0.289 e. The van der Waals surface area contributed by atoms with E-state index in [0.29, 0.717) is 12.8 Å². The third-order valence-corrected chi connectivity index (χ3v) is 12.7. The van der Waals surface area contributed by atoms with Crippen LogP contribution in [0, 0.1) is 0 Å². The number of rotatable bonds is 16. The van der Waals surface area contributed by atoms with E-state index in [-0.39, 0.29) is 24.5 Å². The topological polar surface area (TPSA) is 442 Å². The fourth-order valence-electron chi connectivity index (χ4n) is 9.18. The van der Waals surface area contributed by atoms with Crippen molar-refractivity contribution < 1.29 is 129 Å². The Kier molecular flexibility index (Phi) is 15.9. The van der Waals surface area contributed by atoms with Crippen LogP contribution in [-0.2, 0) is 52.2 Å². The highest BCUT2D eigenvalue weighted by atomic mass is 16.8. The summed E-state index contributed by atoms with van der Waals surface area (Å²) in [5.74, 6) is -8.35. The second kappa shape index (κ2) is 20.2. The molecule has 7 aliphatic heterocycles. The van der Waals surface area contributed by atoms with Crippen molar-refractivity contribution >= 4 is 5.91 Å². The van der Waals surface area contributed by atoms with Gasteiger partial charge in [-0.15, -0.1) is 0 Å². The van der Waals surface area contributed by atoms with Crippen LogP contribution in [0.1, 0.15) is 25.7 Å². The molecule has 370 valence electrons. The van der Waals surface area contributed by atoms with Crippen LogP contribution >= 0.6 is 0 Å². The normalized spacial score (nSPS) is 51.6. The van der Waals surface area contributed by atoms with Gasteiger partial charge in [0, 0.05) is 6.42 Å². The van der Waals surface area contributed by atoms with Crippen molar-refractivity contribution in [2.75, 3.05) is 39.6 Å². The molecule has 7 rings (SSSR count). The molecule has 7 aliphatic rings. The van der Waals surface area contributed by atoms with E-state index in [4.69, 9.17) is 53.1 Å². The van der Waals surface area contributed by atoms with Crippen molar-refractivity contribution in [2.45, 2.75) is 178 Å². The van der Waals surface area contributed by atoms with Crippen molar-refractivity contribution in [1.82, 2.24) is 4.90 Å². The van der Waals surface area contributed by atoms with E-state index in [1.54, 1.807) is 0 Å². The molecule has 28 heteroatoms. The first kappa shape index (κ1) is 50.3. The summed E-state index contributed by atoms with van der Waals surface area (Å²) in [7, 11) is 0. The van der Waals surface area contributed by atoms with E-state index in [9.17, 15) is 81.4 Å². The summed E-state index contributed by atoms with van der Waals surface area (Å²) in [6, 6.07) is 0. The number of nitrogens with two attached hydrogens (primary N) is 1. The van der Waals surface area contributed by atoms with Gasteiger partial charge in [-0.1, -0.05) is 6.42 Å². The molecule has 25 atom stereocenters. The molecule has 7 saturated heterocycles. The lowest BCUT2D eigenvalue weighted by Crippen LogP contribution is -2.83. The van der Waals surface area contributed by atoms with Gasteiger partial charge in [0.2, 0.25) is 5.91 Å². The maximum atomic E-state index is 14.5. The first-order chi connectivity index (χ1) is 30.4. The number of unbranched alkanes of at least 4 members (excludes halogenated alkanes) is 2. The van der Waals surface area contributed by atoms with Crippen molar-refractivity contribution in [1.29, 1.82) is 0 Å². The van der Waals surface area contributed by atoms with Crippen molar-refractivity contribution in [3.8, 4) is 0 Å². The third kappa shape index (κ3) is 8.83. The predicted octanol–water partition coefficient (Wildman–Crippen LogP) is -10.9. The molecule has 0 aromatic heterocycles. The molecule has 5 unspecified atom stereocenters. The molecular formula is C36H60N2O26. The van der Waals surface area contributed by atoms with Gasteiger partial charge >= 0.3 is 0 Å². The van der Waals surface area contributed by atoms with Crippen molar-refractivity contribution in [3.63, 3.8) is 0 Å². The second-order valence-corrected chi connectivity index (χ2v) is 16.8. The molecule has 0 saturated carbocycles. The summed E-state index contributed by atoms with van der Waals surface area (Å²) in [4.78, 5) is 14.5. The van der Waals surface area contributed by atoms with E-state index in [2.05, 4.69) is 0 Å². The number of hydrogen-bond donors (Lipinski definition) is 16. The zero-order chi connectivity index (χ0) is 46.6. The van der Waals surface area contributed by atoms with Crippen molar-refractivity contribution in [2.24, 2.45) is 5.73 Å². The lowest BCUT2D eigenvalue weighted by molar-refractivity contribution is -0.496. The molecule has 28 nitrogen and oxygen atoms in total. The van der Waals surface area contributed by atoms with Gasteiger partial charge in [-0.25, -0.2) is 4.90 Å². The van der Waals surface area contributed by atoms with E-state index in [0.717, 1.165) is 0 Å². The summed E-state index contributed by atoms with van der Waals surface area (Å²) >= 11 is 0. The first-order valence-electron chi connectivity index (χ1n) is 21.0. The minimum Gasteiger partial charge on any atom is -0.394 e. The molecule has 0 aromatic carbocycles. The Bertz CT molecular complexity index is 1560. The van der Waals surface area contributed by atoms with E-state index in [1.807, 2.05) is 0 Å².